The number of piperidine rings is 1. The van der Waals surface area contributed by atoms with Crippen molar-refractivity contribution in [3.63, 3.8) is 0 Å². The highest BCUT2D eigenvalue weighted by atomic mass is 16.3. The second-order valence-electron chi connectivity index (χ2n) is 4.82. The van der Waals surface area contributed by atoms with Gasteiger partial charge in [-0.05, 0) is 45.2 Å². The van der Waals surface area contributed by atoms with E-state index in [9.17, 15) is 4.79 Å². The summed E-state index contributed by atoms with van der Waals surface area (Å²) in [5.74, 6) is 2.03. The maximum Gasteiger partial charge on any atom is 0.257 e. The molecule has 4 nitrogen and oxygen atoms in total. The number of nitrogens with two attached hydrogens (primary N) is 1. The molecule has 2 rings (SSSR count). The Labute approximate surface area is 102 Å². The SMILES string of the molecule is Cc1cc(C(=O)N2CCC[C@@H](CN)C2)c(C)o1. The highest BCUT2D eigenvalue weighted by molar-refractivity contribution is 5.95. The number of carbonyl (C=O) groups is 1. The Morgan fingerprint density at radius 1 is 1.59 bits per heavy atom. The van der Waals surface area contributed by atoms with E-state index < -0.39 is 0 Å². The molecule has 1 aromatic rings. The molecular weight excluding hydrogens is 216 g/mol. The van der Waals surface area contributed by atoms with Crippen molar-refractivity contribution in [1.82, 2.24) is 4.90 Å². The fourth-order valence-electron chi connectivity index (χ4n) is 2.46. The molecule has 2 heterocycles. The van der Waals surface area contributed by atoms with Gasteiger partial charge in [0, 0.05) is 13.1 Å². The lowest BCUT2D eigenvalue weighted by Gasteiger charge is -2.32. The molecule has 17 heavy (non-hydrogen) atoms. The van der Waals surface area contributed by atoms with Crippen LogP contribution in [-0.4, -0.2) is 30.4 Å². The Hall–Kier alpha value is -1.29. The molecule has 1 amide bonds. The van der Waals surface area contributed by atoms with Gasteiger partial charge in [0.15, 0.2) is 0 Å². The third-order valence-electron chi connectivity index (χ3n) is 3.41. The van der Waals surface area contributed by atoms with Gasteiger partial charge in [-0.2, -0.15) is 0 Å². The minimum atomic E-state index is 0.0810. The fraction of sp³-hybridized carbons (Fsp3) is 0.615. The Morgan fingerprint density at radius 3 is 2.94 bits per heavy atom. The Balaban J connectivity index is 2.12. The van der Waals surface area contributed by atoms with Gasteiger partial charge in [0.25, 0.3) is 5.91 Å². The van der Waals surface area contributed by atoms with Crippen molar-refractivity contribution in [3.05, 3.63) is 23.2 Å². The van der Waals surface area contributed by atoms with Crippen LogP contribution in [0.2, 0.25) is 0 Å². The van der Waals surface area contributed by atoms with E-state index in [4.69, 9.17) is 10.2 Å². The van der Waals surface area contributed by atoms with E-state index >= 15 is 0 Å². The van der Waals surface area contributed by atoms with Crippen molar-refractivity contribution >= 4 is 5.91 Å². The second kappa shape index (κ2) is 4.92. The lowest BCUT2D eigenvalue weighted by atomic mass is 9.97. The molecule has 0 aromatic carbocycles. The van der Waals surface area contributed by atoms with Crippen LogP contribution in [0.5, 0.6) is 0 Å². The molecule has 0 unspecified atom stereocenters. The minimum Gasteiger partial charge on any atom is -0.466 e. The summed E-state index contributed by atoms with van der Waals surface area (Å²) < 4.78 is 5.41. The lowest BCUT2D eigenvalue weighted by molar-refractivity contribution is 0.0676. The standard InChI is InChI=1S/C13H20N2O2/c1-9-6-12(10(2)17-9)13(16)15-5-3-4-11(7-14)8-15/h6,11H,3-5,7-8,14H2,1-2H3/t11-/m0/s1. The largest absolute Gasteiger partial charge is 0.466 e. The molecule has 0 spiro atoms. The molecule has 1 atom stereocenters. The summed E-state index contributed by atoms with van der Waals surface area (Å²) in [6.07, 6.45) is 2.17. The van der Waals surface area contributed by atoms with E-state index in [-0.39, 0.29) is 5.91 Å². The Kier molecular flexibility index (Phi) is 3.52. The molecule has 4 heteroatoms. The van der Waals surface area contributed by atoms with Crippen molar-refractivity contribution in [3.8, 4) is 0 Å². The fourth-order valence-corrected chi connectivity index (χ4v) is 2.46. The molecule has 1 saturated heterocycles. The van der Waals surface area contributed by atoms with Crippen LogP contribution in [0.3, 0.4) is 0 Å². The first-order valence-electron chi connectivity index (χ1n) is 6.18. The van der Waals surface area contributed by atoms with E-state index in [1.165, 1.54) is 0 Å². The van der Waals surface area contributed by atoms with Gasteiger partial charge in [0.2, 0.25) is 0 Å². The first kappa shape index (κ1) is 12.2. The zero-order valence-corrected chi connectivity index (χ0v) is 10.5. The van der Waals surface area contributed by atoms with E-state index in [0.29, 0.717) is 23.8 Å². The second-order valence-corrected chi connectivity index (χ2v) is 4.82. The van der Waals surface area contributed by atoms with Crippen LogP contribution in [0.15, 0.2) is 10.5 Å². The quantitative estimate of drug-likeness (QED) is 0.850. The minimum absolute atomic E-state index is 0.0810. The molecular formula is C13H20N2O2. The van der Waals surface area contributed by atoms with Crippen LogP contribution < -0.4 is 5.73 Å². The number of aryl methyl sites for hydroxylation is 2. The van der Waals surface area contributed by atoms with Gasteiger partial charge in [-0.1, -0.05) is 0 Å². The highest BCUT2D eigenvalue weighted by Gasteiger charge is 2.25. The van der Waals surface area contributed by atoms with Crippen molar-refractivity contribution < 1.29 is 9.21 Å². The molecule has 0 bridgehead atoms. The number of furan rings is 1. The smallest absolute Gasteiger partial charge is 0.257 e. The van der Waals surface area contributed by atoms with Crippen LogP contribution in [0.25, 0.3) is 0 Å². The van der Waals surface area contributed by atoms with Crippen LogP contribution in [-0.2, 0) is 0 Å². The molecule has 2 N–H and O–H groups in total. The molecule has 1 aliphatic heterocycles. The van der Waals surface area contributed by atoms with Gasteiger partial charge in [-0.25, -0.2) is 0 Å². The number of amides is 1. The molecule has 1 aromatic heterocycles. The number of hydrogen-bond donors (Lipinski definition) is 1. The average Bonchev–Trinajstić information content (AvgIpc) is 2.67. The zero-order chi connectivity index (χ0) is 12.4. The van der Waals surface area contributed by atoms with Gasteiger partial charge in [-0.15, -0.1) is 0 Å². The predicted molar refractivity (Wildman–Crippen MR) is 65.9 cm³/mol. The summed E-state index contributed by atoms with van der Waals surface area (Å²) in [5.41, 5.74) is 6.38. The van der Waals surface area contributed by atoms with Crippen LogP contribution in [0, 0.1) is 19.8 Å². The summed E-state index contributed by atoms with van der Waals surface area (Å²) in [5, 5.41) is 0. The molecule has 94 valence electrons. The summed E-state index contributed by atoms with van der Waals surface area (Å²) in [7, 11) is 0. The van der Waals surface area contributed by atoms with Crippen LogP contribution >= 0.6 is 0 Å². The topological polar surface area (TPSA) is 59.5 Å². The maximum atomic E-state index is 12.3. The van der Waals surface area contributed by atoms with Gasteiger partial charge in [0.05, 0.1) is 5.56 Å². The van der Waals surface area contributed by atoms with Crippen molar-refractivity contribution in [2.45, 2.75) is 26.7 Å². The summed E-state index contributed by atoms with van der Waals surface area (Å²) in [6.45, 7) is 5.97. The predicted octanol–water partition coefficient (Wildman–Crippen LogP) is 1.71. The Morgan fingerprint density at radius 2 is 2.35 bits per heavy atom. The molecule has 0 radical (unpaired) electrons. The maximum absolute atomic E-state index is 12.3. The Bertz CT molecular complexity index is 412. The molecule has 0 saturated carbocycles. The first-order chi connectivity index (χ1) is 8.11. The van der Waals surface area contributed by atoms with E-state index in [2.05, 4.69) is 0 Å². The van der Waals surface area contributed by atoms with Gasteiger partial charge >= 0.3 is 0 Å². The number of likely N-dealkylation sites (tertiary alicyclic amines) is 1. The lowest BCUT2D eigenvalue weighted by Crippen LogP contribution is -2.42. The van der Waals surface area contributed by atoms with Crippen molar-refractivity contribution in [2.24, 2.45) is 11.7 Å². The van der Waals surface area contributed by atoms with Crippen LogP contribution in [0.1, 0.15) is 34.7 Å². The van der Waals surface area contributed by atoms with E-state index in [1.54, 1.807) is 0 Å². The summed E-state index contributed by atoms with van der Waals surface area (Å²) in [6, 6.07) is 1.82. The van der Waals surface area contributed by atoms with Gasteiger partial charge < -0.3 is 15.1 Å². The summed E-state index contributed by atoms with van der Waals surface area (Å²) >= 11 is 0. The summed E-state index contributed by atoms with van der Waals surface area (Å²) in [4.78, 5) is 14.2. The van der Waals surface area contributed by atoms with Gasteiger partial charge in [0.1, 0.15) is 11.5 Å². The van der Waals surface area contributed by atoms with E-state index in [1.807, 2.05) is 24.8 Å². The zero-order valence-electron chi connectivity index (χ0n) is 10.5. The first-order valence-corrected chi connectivity index (χ1v) is 6.18. The number of nitrogens with zero attached hydrogens (tertiary/aromatic N) is 1. The molecule has 0 aliphatic carbocycles. The highest BCUT2D eigenvalue weighted by Crippen LogP contribution is 2.21. The molecule has 1 aliphatic rings. The normalized spacial score (nSPS) is 20.6. The number of hydrogen-bond acceptors (Lipinski definition) is 3. The number of rotatable bonds is 2. The van der Waals surface area contributed by atoms with E-state index in [0.717, 1.165) is 31.7 Å². The van der Waals surface area contributed by atoms with Gasteiger partial charge in [-0.3, -0.25) is 4.79 Å². The third-order valence-corrected chi connectivity index (χ3v) is 3.41. The monoisotopic (exact) mass is 236 g/mol. The van der Waals surface area contributed by atoms with Crippen molar-refractivity contribution in [1.29, 1.82) is 0 Å². The van der Waals surface area contributed by atoms with Crippen LogP contribution in [0.4, 0.5) is 0 Å². The average molecular weight is 236 g/mol. The third kappa shape index (κ3) is 2.52. The molecule has 1 fully saturated rings. The van der Waals surface area contributed by atoms with Crippen molar-refractivity contribution in [2.75, 3.05) is 19.6 Å². The number of carbonyl (C=O) groups excluding carboxylic acids is 1.